The van der Waals surface area contributed by atoms with Crippen molar-refractivity contribution in [1.82, 2.24) is 0 Å². The highest BCUT2D eigenvalue weighted by molar-refractivity contribution is 7.84. The van der Waals surface area contributed by atoms with Crippen molar-refractivity contribution in [3.8, 4) is 0 Å². The molecule has 0 radical (unpaired) electrons. The summed E-state index contributed by atoms with van der Waals surface area (Å²) in [6, 6.07) is 0. The SMILES string of the molecule is CC1(C)C2CC[C@@H](COS(N)(=O)=O)C1C2. The van der Waals surface area contributed by atoms with Crippen LogP contribution in [0.25, 0.3) is 0 Å². The molecule has 3 fully saturated rings. The third-order valence-electron chi connectivity index (χ3n) is 4.45. The molecule has 0 aliphatic heterocycles. The molecule has 3 saturated carbocycles. The molecule has 3 aliphatic rings. The minimum absolute atomic E-state index is 0.264. The Hall–Kier alpha value is -0.130. The molecule has 0 amide bonds. The summed E-state index contributed by atoms with van der Waals surface area (Å²) in [6.07, 6.45) is 3.50. The van der Waals surface area contributed by atoms with Crippen molar-refractivity contribution in [2.45, 2.75) is 33.1 Å². The molecule has 4 nitrogen and oxygen atoms in total. The Labute approximate surface area is 91.4 Å². The first kappa shape index (κ1) is 11.4. The fourth-order valence-corrected chi connectivity index (χ4v) is 3.71. The molecule has 0 aromatic heterocycles. The molecule has 88 valence electrons. The summed E-state index contributed by atoms with van der Waals surface area (Å²) in [6.45, 7) is 4.81. The molecule has 5 heteroatoms. The molecule has 0 heterocycles. The zero-order valence-corrected chi connectivity index (χ0v) is 10.1. The van der Waals surface area contributed by atoms with Gasteiger partial charge in [-0.3, -0.25) is 4.18 Å². The van der Waals surface area contributed by atoms with Gasteiger partial charge in [0.1, 0.15) is 0 Å². The van der Waals surface area contributed by atoms with Gasteiger partial charge in [0.25, 0.3) is 0 Å². The van der Waals surface area contributed by atoms with Gasteiger partial charge in [-0.25, -0.2) is 5.14 Å². The third kappa shape index (κ3) is 2.05. The average Bonchev–Trinajstić information content (AvgIpc) is 2.13. The molecule has 0 spiro atoms. The molecular formula is C10H19NO3S. The van der Waals surface area contributed by atoms with Crippen LogP contribution in [0, 0.1) is 23.2 Å². The normalized spacial score (nSPS) is 38.5. The first-order chi connectivity index (χ1) is 6.81. The molecule has 0 saturated heterocycles. The lowest BCUT2D eigenvalue weighted by atomic mass is 9.46. The molecule has 2 N–H and O–H groups in total. The summed E-state index contributed by atoms with van der Waals surface area (Å²) in [7, 11) is -3.77. The fourth-order valence-electron chi connectivity index (χ4n) is 3.34. The van der Waals surface area contributed by atoms with Crippen molar-refractivity contribution >= 4 is 10.3 Å². The van der Waals surface area contributed by atoms with Crippen LogP contribution in [0.5, 0.6) is 0 Å². The van der Waals surface area contributed by atoms with Crippen LogP contribution < -0.4 is 5.14 Å². The lowest BCUT2D eigenvalue weighted by Crippen LogP contribution is -2.53. The van der Waals surface area contributed by atoms with Gasteiger partial charge in [0.15, 0.2) is 0 Å². The van der Waals surface area contributed by atoms with Gasteiger partial charge in [-0.05, 0) is 42.4 Å². The molecule has 0 aromatic carbocycles. The lowest BCUT2D eigenvalue weighted by molar-refractivity contribution is -0.113. The predicted molar refractivity (Wildman–Crippen MR) is 57.2 cm³/mol. The van der Waals surface area contributed by atoms with Crippen LogP contribution in [0.15, 0.2) is 0 Å². The van der Waals surface area contributed by atoms with E-state index in [4.69, 9.17) is 9.32 Å². The fraction of sp³-hybridized carbons (Fsp3) is 1.00. The molecular weight excluding hydrogens is 214 g/mol. The van der Waals surface area contributed by atoms with Gasteiger partial charge in [0.2, 0.25) is 0 Å². The zero-order valence-electron chi connectivity index (χ0n) is 9.27. The zero-order chi connectivity index (χ0) is 11.3. The topological polar surface area (TPSA) is 69.4 Å². The molecule has 3 atom stereocenters. The molecule has 3 aliphatic carbocycles. The Bertz CT molecular complexity index is 348. The average molecular weight is 233 g/mol. The molecule has 0 aromatic rings. The van der Waals surface area contributed by atoms with Crippen LogP contribution in [-0.2, 0) is 14.5 Å². The maximum absolute atomic E-state index is 10.7. The van der Waals surface area contributed by atoms with E-state index < -0.39 is 10.3 Å². The number of nitrogens with two attached hydrogens (primary N) is 1. The van der Waals surface area contributed by atoms with Gasteiger partial charge in [-0.2, -0.15) is 8.42 Å². The van der Waals surface area contributed by atoms with Crippen LogP contribution in [0.1, 0.15) is 33.1 Å². The van der Waals surface area contributed by atoms with E-state index in [9.17, 15) is 8.42 Å². The Morgan fingerprint density at radius 3 is 2.53 bits per heavy atom. The van der Waals surface area contributed by atoms with Crippen molar-refractivity contribution in [1.29, 1.82) is 0 Å². The van der Waals surface area contributed by atoms with Gasteiger partial charge in [0, 0.05) is 0 Å². The van der Waals surface area contributed by atoms with E-state index in [1.807, 2.05) is 0 Å². The van der Waals surface area contributed by atoms with Crippen molar-refractivity contribution < 1.29 is 12.6 Å². The van der Waals surface area contributed by atoms with Crippen molar-refractivity contribution in [3.05, 3.63) is 0 Å². The summed E-state index contributed by atoms with van der Waals surface area (Å²) in [5.74, 6) is 1.80. The summed E-state index contributed by atoms with van der Waals surface area (Å²) < 4.78 is 26.1. The highest BCUT2D eigenvalue weighted by atomic mass is 32.2. The predicted octanol–water partition coefficient (Wildman–Crippen LogP) is 1.28. The van der Waals surface area contributed by atoms with E-state index in [0.717, 1.165) is 12.3 Å². The minimum atomic E-state index is -3.77. The summed E-state index contributed by atoms with van der Waals surface area (Å²) >= 11 is 0. The van der Waals surface area contributed by atoms with E-state index in [1.54, 1.807) is 0 Å². The minimum Gasteiger partial charge on any atom is -0.258 e. The van der Waals surface area contributed by atoms with Gasteiger partial charge in [-0.15, -0.1) is 0 Å². The van der Waals surface area contributed by atoms with Crippen LogP contribution in [0.4, 0.5) is 0 Å². The van der Waals surface area contributed by atoms with Gasteiger partial charge in [0.05, 0.1) is 6.61 Å². The standard InChI is InChI=1S/C10H19NO3S/c1-10(2)8-4-3-7(9(10)5-8)6-14-15(11,12)13/h7-9H,3-6H2,1-2H3,(H2,11,12,13)/t7-,8?,9?/m0/s1. The number of fused-ring (bicyclic) bond motifs is 2. The maximum Gasteiger partial charge on any atom is 0.333 e. The second kappa shape index (κ2) is 3.43. The van der Waals surface area contributed by atoms with E-state index in [1.165, 1.54) is 12.8 Å². The van der Waals surface area contributed by atoms with Gasteiger partial charge in [-0.1, -0.05) is 13.8 Å². The largest absolute Gasteiger partial charge is 0.333 e. The second-order valence-corrected chi connectivity index (χ2v) is 6.70. The monoisotopic (exact) mass is 233 g/mol. The Balaban J connectivity index is 1.94. The maximum atomic E-state index is 10.7. The first-order valence-corrected chi connectivity index (χ1v) is 6.95. The molecule has 3 rings (SSSR count). The second-order valence-electron chi connectivity index (χ2n) is 5.48. The molecule has 2 unspecified atom stereocenters. The Kier molecular flexibility index (Phi) is 2.60. The van der Waals surface area contributed by atoms with Crippen molar-refractivity contribution in [2.24, 2.45) is 28.3 Å². The van der Waals surface area contributed by atoms with E-state index in [2.05, 4.69) is 13.8 Å². The van der Waals surface area contributed by atoms with Crippen molar-refractivity contribution in [2.75, 3.05) is 6.61 Å². The number of hydrogen-bond donors (Lipinski definition) is 1. The first-order valence-electron chi connectivity index (χ1n) is 5.48. The Morgan fingerprint density at radius 2 is 2.07 bits per heavy atom. The third-order valence-corrected chi connectivity index (χ3v) is 4.91. The Morgan fingerprint density at radius 1 is 1.40 bits per heavy atom. The molecule has 2 bridgehead atoms. The highest BCUT2D eigenvalue weighted by Crippen LogP contribution is 2.61. The highest BCUT2D eigenvalue weighted by Gasteiger charge is 2.54. The van der Waals surface area contributed by atoms with Crippen LogP contribution >= 0.6 is 0 Å². The van der Waals surface area contributed by atoms with Gasteiger partial charge < -0.3 is 0 Å². The lowest BCUT2D eigenvalue weighted by Gasteiger charge is -2.60. The van der Waals surface area contributed by atoms with E-state index >= 15 is 0 Å². The summed E-state index contributed by atoms with van der Waals surface area (Å²) in [4.78, 5) is 0. The van der Waals surface area contributed by atoms with Gasteiger partial charge >= 0.3 is 10.3 Å². The quantitative estimate of drug-likeness (QED) is 0.798. The van der Waals surface area contributed by atoms with E-state index in [0.29, 0.717) is 17.3 Å². The van der Waals surface area contributed by atoms with Crippen molar-refractivity contribution in [3.63, 3.8) is 0 Å². The molecule has 15 heavy (non-hydrogen) atoms. The number of rotatable bonds is 3. The number of hydrogen-bond acceptors (Lipinski definition) is 3. The smallest absolute Gasteiger partial charge is 0.258 e. The summed E-state index contributed by atoms with van der Waals surface area (Å²) in [5.41, 5.74) is 0.366. The van der Waals surface area contributed by atoms with Crippen LogP contribution in [0.3, 0.4) is 0 Å². The van der Waals surface area contributed by atoms with Crippen LogP contribution in [-0.4, -0.2) is 15.0 Å². The summed E-state index contributed by atoms with van der Waals surface area (Å²) in [5, 5.41) is 4.83. The van der Waals surface area contributed by atoms with E-state index in [-0.39, 0.29) is 6.61 Å². The van der Waals surface area contributed by atoms with Crippen LogP contribution in [0.2, 0.25) is 0 Å².